The highest BCUT2D eigenvalue weighted by molar-refractivity contribution is 9.10. The number of nitrogens with zero attached hydrogens (tertiary/aromatic N) is 1. The molecule has 0 spiro atoms. The van der Waals surface area contributed by atoms with Crippen molar-refractivity contribution in [1.29, 1.82) is 0 Å². The average molecular weight is 421 g/mol. The van der Waals surface area contributed by atoms with Gasteiger partial charge < -0.3 is 0 Å². The molecule has 3 nitrogen and oxygen atoms in total. The lowest BCUT2D eigenvalue weighted by Crippen LogP contribution is -2.30. The van der Waals surface area contributed by atoms with E-state index in [1.54, 1.807) is 6.21 Å². The van der Waals surface area contributed by atoms with Crippen molar-refractivity contribution in [1.82, 2.24) is 5.43 Å². The minimum atomic E-state index is -0.183. The number of hydrogen-bond acceptors (Lipinski definition) is 2. The lowest BCUT2D eigenvalue weighted by Gasteiger charge is -2.15. The number of carbonyl (C=O) groups excluding carboxylic acids is 1. The van der Waals surface area contributed by atoms with Crippen LogP contribution in [0.15, 0.2) is 94.5 Å². The molecule has 3 aromatic rings. The summed E-state index contributed by atoms with van der Waals surface area (Å²) in [4.78, 5) is 12.8. The van der Waals surface area contributed by atoms with Crippen LogP contribution in [0, 0.1) is 5.92 Å². The van der Waals surface area contributed by atoms with Gasteiger partial charge in [0, 0.05) is 10.4 Å². The first-order chi connectivity index (χ1) is 13.2. The summed E-state index contributed by atoms with van der Waals surface area (Å²) in [5.41, 5.74) is 5.92. The molecule has 3 rings (SSSR count). The van der Waals surface area contributed by atoms with Crippen LogP contribution in [0.1, 0.15) is 16.7 Å². The van der Waals surface area contributed by atoms with Crippen molar-refractivity contribution in [3.8, 4) is 0 Å². The number of nitrogens with one attached hydrogen (secondary N) is 1. The van der Waals surface area contributed by atoms with E-state index in [1.165, 1.54) is 0 Å². The van der Waals surface area contributed by atoms with Crippen LogP contribution >= 0.6 is 15.9 Å². The molecule has 0 heterocycles. The minimum Gasteiger partial charge on any atom is -0.273 e. The van der Waals surface area contributed by atoms with Gasteiger partial charge in [0.1, 0.15) is 0 Å². The normalized spacial score (nSPS) is 11.0. The molecule has 0 radical (unpaired) electrons. The van der Waals surface area contributed by atoms with Crippen molar-refractivity contribution in [2.75, 3.05) is 0 Å². The van der Waals surface area contributed by atoms with E-state index in [9.17, 15) is 4.79 Å². The fraction of sp³-hybridized carbons (Fsp3) is 0.130. The van der Waals surface area contributed by atoms with Gasteiger partial charge >= 0.3 is 0 Å². The number of rotatable bonds is 7. The van der Waals surface area contributed by atoms with Gasteiger partial charge in [-0.25, -0.2) is 5.43 Å². The van der Waals surface area contributed by atoms with Gasteiger partial charge in [-0.3, -0.25) is 4.79 Å². The molecule has 0 saturated heterocycles. The van der Waals surface area contributed by atoms with Crippen LogP contribution in [0.3, 0.4) is 0 Å². The summed E-state index contributed by atoms with van der Waals surface area (Å²) in [7, 11) is 0. The van der Waals surface area contributed by atoms with E-state index < -0.39 is 0 Å². The molecule has 1 N–H and O–H groups in total. The number of halogens is 1. The second-order valence-electron chi connectivity index (χ2n) is 6.36. The van der Waals surface area contributed by atoms with E-state index in [0.717, 1.165) is 21.2 Å². The predicted molar refractivity (Wildman–Crippen MR) is 114 cm³/mol. The van der Waals surface area contributed by atoms with Crippen molar-refractivity contribution >= 4 is 28.1 Å². The van der Waals surface area contributed by atoms with Gasteiger partial charge in [-0.2, -0.15) is 5.10 Å². The second kappa shape index (κ2) is 9.83. The Morgan fingerprint density at radius 1 is 0.852 bits per heavy atom. The number of benzene rings is 3. The van der Waals surface area contributed by atoms with Crippen molar-refractivity contribution in [2.24, 2.45) is 11.0 Å². The SMILES string of the molecule is O=C(N/N=C/c1ccc(Br)cc1)C(Cc1ccccc1)Cc1ccccc1. The Kier molecular flexibility index (Phi) is 6.94. The van der Waals surface area contributed by atoms with Gasteiger partial charge in [-0.1, -0.05) is 88.7 Å². The molecule has 4 heteroatoms. The molecule has 0 saturated carbocycles. The Morgan fingerprint density at radius 3 is 1.89 bits per heavy atom. The Balaban J connectivity index is 1.68. The Hall–Kier alpha value is -2.72. The van der Waals surface area contributed by atoms with E-state index >= 15 is 0 Å². The van der Waals surface area contributed by atoms with Crippen molar-refractivity contribution in [2.45, 2.75) is 12.8 Å². The Bertz CT molecular complexity index is 836. The van der Waals surface area contributed by atoms with E-state index in [2.05, 4.69) is 50.7 Å². The van der Waals surface area contributed by atoms with Gasteiger partial charge in [0.05, 0.1) is 6.21 Å². The number of hydrogen-bond donors (Lipinski definition) is 1. The van der Waals surface area contributed by atoms with Crippen LogP contribution in [0.2, 0.25) is 0 Å². The third-order valence-corrected chi connectivity index (χ3v) is 4.81. The van der Waals surface area contributed by atoms with Crippen LogP contribution in [-0.4, -0.2) is 12.1 Å². The molecule has 0 aliphatic heterocycles. The van der Waals surface area contributed by atoms with Gasteiger partial charge in [0.2, 0.25) is 5.91 Å². The van der Waals surface area contributed by atoms with Crippen LogP contribution in [0.25, 0.3) is 0 Å². The van der Waals surface area contributed by atoms with Crippen molar-refractivity contribution in [3.05, 3.63) is 106 Å². The number of carbonyl (C=O) groups is 1. The molecule has 1 amide bonds. The topological polar surface area (TPSA) is 41.5 Å². The largest absolute Gasteiger partial charge is 0.273 e. The monoisotopic (exact) mass is 420 g/mol. The first-order valence-electron chi connectivity index (χ1n) is 8.87. The van der Waals surface area contributed by atoms with Crippen molar-refractivity contribution in [3.63, 3.8) is 0 Å². The smallest absolute Gasteiger partial charge is 0.243 e. The Labute approximate surface area is 168 Å². The fourth-order valence-electron chi connectivity index (χ4n) is 2.87. The summed E-state index contributed by atoms with van der Waals surface area (Å²) in [5.74, 6) is -0.257. The standard InChI is InChI=1S/C23H21BrN2O/c24-22-13-11-20(12-14-22)17-25-26-23(27)21(15-18-7-3-1-4-8-18)16-19-9-5-2-6-10-19/h1-14,17,21H,15-16H2,(H,26,27)/b25-17+. The van der Waals surface area contributed by atoms with Gasteiger partial charge in [0.15, 0.2) is 0 Å². The third-order valence-electron chi connectivity index (χ3n) is 4.28. The molecule has 0 unspecified atom stereocenters. The zero-order chi connectivity index (χ0) is 18.9. The van der Waals surface area contributed by atoms with Crippen molar-refractivity contribution < 1.29 is 4.79 Å². The fourth-order valence-corrected chi connectivity index (χ4v) is 3.13. The van der Waals surface area contributed by atoms with E-state index in [0.29, 0.717) is 12.8 Å². The van der Waals surface area contributed by atoms with Crippen LogP contribution in [-0.2, 0) is 17.6 Å². The number of hydrazone groups is 1. The summed E-state index contributed by atoms with van der Waals surface area (Å²) in [5, 5.41) is 4.14. The van der Waals surface area contributed by atoms with E-state index in [1.807, 2.05) is 60.7 Å². The minimum absolute atomic E-state index is 0.0731. The first kappa shape index (κ1) is 19.1. The third kappa shape index (κ3) is 6.19. The molecule has 0 aliphatic carbocycles. The zero-order valence-electron chi connectivity index (χ0n) is 14.9. The lowest BCUT2D eigenvalue weighted by molar-refractivity contribution is -0.124. The average Bonchev–Trinajstić information content (AvgIpc) is 2.70. The number of amides is 1. The summed E-state index contributed by atoms with van der Waals surface area (Å²) in [6, 6.07) is 27.9. The maximum Gasteiger partial charge on any atom is 0.243 e. The highest BCUT2D eigenvalue weighted by Gasteiger charge is 2.19. The summed E-state index contributed by atoms with van der Waals surface area (Å²) < 4.78 is 1.01. The summed E-state index contributed by atoms with van der Waals surface area (Å²) >= 11 is 3.40. The first-order valence-corrected chi connectivity index (χ1v) is 9.66. The second-order valence-corrected chi connectivity index (χ2v) is 7.28. The highest BCUT2D eigenvalue weighted by Crippen LogP contribution is 2.15. The quantitative estimate of drug-likeness (QED) is 0.423. The molecule has 0 aliphatic rings. The molecule has 0 aromatic heterocycles. The van der Waals surface area contributed by atoms with Crippen LogP contribution < -0.4 is 5.43 Å². The molecule has 136 valence electrons. The maximum absolute atomic E-state index is 12.8. The molecule has 0 bridgehead atoms. The molecule has 3 aromatic carbocycles. The maximum atomic E-state index is 12.8. The van der Waals surface area contributed by atoms with Gasteiger partial charge in [-0.05, 0) is 41.7 Å². The highest BCUT2D eigenvalue weighted by atomic mass is 79.9. The summed E-state index contributed by atoms with van der Waals surface area (Å²) in [6.45, 7) is 0. The van der Waals surface area contributed by atoms with Gasteiger partial charge in [-0.15, -0.1) is 0 Å². The molecule has 27 heavy (non-hydrogen) atoms. The van der Waals surface area contributed by atoms with E-state index in [-0.39, 0.29) is 11.8 Å². The molecule has 0 fully saturated rings. The Morgan fingerprint density at radius 2 is 1.37 bits per heavy atom. The lowest BCUT2D eigenvalue weighted by atomic mass is 9.92. The van der Waals surface area contributed by atoms with Crippen LogP contribution in [0.4, 0.5) is 0 Å². The zero-order valence-corrected chi connectivity index (χ0v) is 16.5. The molecular weight excluding hydrogens is 400 g/mol. The molecule has 0 atom stereocenters. The summed E-state index contributed by atoms with van der Waals surface area (Å²) in [6.07, 6.45) is 3.01. The van der Waals surface area contributed by atoms with E-state index in [4.69, 9.17) is 0 Å². The van der Waals surface area contributed by atoms with Crippen LogP contribution in [0.5, 0.6) is 0 Å². The predicted octanol–water partition coefficient (Wildman–Crippen LogP) is 5.00. The van der Waals surface area contributed by atoms with Gasteiger partial charge in [0.25, 0.3) is 0 Å². The molecular formula is C23H21BrN2O.